The first-order valence-corrected chi connectivity index (χ1v) is 9.04. The van der Waals surface area contributed by atoms with Crippen molar-refractivity contribution in [3.05, 3.63) is 72.1 Å². The van der Waals surface area contributed by atoms with Gasteiger partial charge in [-0.1, -0.05) is 11.6 Å². The summed E-state index contributed by atoms with van der Waals surface area (Å²) in [4.78, 5) is 19.9. The van der Waals surface area contributed by atoms with Gasteiger partial charge in [0.15, 0.2) is 0 Å². The Kier molecular flexibility index (Phi) is 7.03. The summed E-state index contributed by atoms with van der Waals surface area (Å²) in [5.74, 6) is 1.81. The van der Waals surface area contributed by atoms with E-state index < -0.39 is 0 Å². The normalized spacial score (nSPS) is 10.2. The quantitative estimate of drug-likeness (QED) is 0.545. The molecule has 0 bridgehead atoms. The van der Waals surface area contributed by atoms with Crippen molar-refractivity contribution in [3.8, 4) is 17.4 Å². The maximum Gasteiger partial charge on any atom is 0.319 e. The zero-order valence-corrected chi connectivity index (χ0v) is 15.7. The van der Waals surface area contributed by atoms with Crippen LogP contribution in [-0.2, 0) is 0 Å². The van der Waals surface area contributed by atoms with E-state index >= 15 is 0 Å². The third kappa shape index (κ3) is 6.44. The summed E-state index contributed by atoms with van der Waals surface area (Å²) in [7, 11) is 0. The maximum absolute atomic E-state index is 11.9. The van der Waals surface area contributed by atoms with E-state index in [0.717, 1.165) is 5.75 Å². The smallest absolute Gasteiger partial charge is 0.319 e. The van der Waals surface area contributed by atoms with Crippen molar-refractivity contribution >= 4 is 23.3 Å². The van der Waals surface area contributed by atoms with Gasteiger partial charge in [0.25, 0.3) is 0 Å². The number of rotatable bonds is 8. The molecule has 0 saturated carbocycles. The zero-order chi connectivity index (χ0) is 19.6. The summed E-state index contributed by atoms with van der Waals surface area (Å²) in [6.45, 7) is 1.01. The van der Waals surface area contributed by atoms with Crippen molar-refractivity contribution in [1.29, 1.82) is 0 Å². The monoisotopic (exact) mass is 398 g/mol. The number of nitrogens with zero attached hydrogens (tertiary/aromatic N) is 2. The first-order chi connectivity index (χ1) is 13.7. The highest BCUT2D eigenvalue weighted by Gasteiger charge is 2.03. The molecule has 144 valence electrons. The lowest BCUT2D eigenvalue weighted by molar-refractivity contribution is 0.250. The molecule has 0 saturated heterocycles. The number of carbonyl (C=O) groups is 1. The number of aromatic nitrogens is 2. The van der Waals surface area contributed by atoms with Crippen LogP contribution in [0, 0.1) is 0 Å². The zero-order valence-electron chi connectivity index (χ0n) is 15.0. The molecule has 2 heterocycles. The molecule has 0 atom stereocenters. The second-order valence-electron chi connectivity index (χ2n) is 5.71. The van der Waals surface area contributed by atoms with Crippen molar-refractivity contribution in [3.63, 3.8) is 0 Å². The van der Waals surface area contributed by atoms with Crippen LogP contribution < -0.4 is 20.1 Å². The van der Waals surface area contributed by atoms with Gasteiger partial charge in [-0.25, -0.2) is 9.78 Å². The van der Waals surface area contributed by atoms with E-state index in [-0.39, 0.29) is 6.03 Å². The summed E-state index contributed by atoms with van der Waals surface area (Å²) in [6.07, 6.45) is 5.54. The predicted molar refractivity (Wildman–Crippen MR) is 107 cm³/mol. The minimum absolute atomic E-state index is 0.281. The van der Waals surface area contributed by atoms with Crippen LogP contribution in [0.4, 0.5) is 10.5 Å². The standard InChI is InChI=1S/C20H19ClN4O3/c21-15-2-7-19(24-14-15)28-18-5-3-16(4-6-18)25-20(26)23-10-1-13-27-17-8-11-22-12-9-17/h2-9,11-12,14H,1,10,13H2,(H2,23,25,26). The molecule has 7 nitrogen and oxygen atoms in total. The second kappa shape index (κ2) is 10.1. The molecule has 0 fully saturated rings. The summed E-state index contributed by atoms with van der Waals surface area (Å²) >= 11 is 5.79. The lowest BCUT2D eigenvalue weighted by Crippen LogP contribution is -2.30. The van der Waals surface area contributed by atoms with Crippen LogP contribution in [0.5, 0.6) is 17.4 Å². The molecule has 2 amide bonds. The number of nitrogens with one attached hydrogen (secondary N) is 2. The minimum Gasteiger partial charge on any atom is -0.493 e. The van der Waals surface area contributed by atoms with Crippen LogP contribution in [0.25, 0.3) is 0 Å². The molecule has 28 heavy (non-hydrogen) atoms. The molecule has 3 rings (SSSR count). The number of carbonyl (C=O) groups excluding carboxylic acids is 1. The van der Waals surface area contributed by atoms with Crippen molar-refractivity contribution in [1.82, 2.24) is 15.3 Å². The van der Waals surface area contributed by atoms with E-state index in [0.29, 0.717) is 41.9 Å². The van der Waals surface area contributed by atoms with Crippen LogP contribution >= 0.6 is 11.6 Å². The fraction of sp³-hybridized carbons (Fsp3) is 0.150. The highest BCUT2D eigenvalue weighted by Crippen LogP contribution is 2.22. The van der Waals surface area contributed by atoms with Crippen molar-refractivity contribution < 1.29 is 14.3 Å². The second-order valence-corrected chi connectivity index (χ2v) is 6.14. The number of hydrogen-bond acceptors (Lipinski definition) is 5. The Morgan fingerprint density at radius 1 is 1.00 bits per heavy atom. The number of ether oxygens (including phenoxy) is 2. The lowest BCUT2D eigenvalue weighted by atomic mass is 10.3. The van der Waals surface area contributed by atoms with Gasteiger partial charge in [-0.05, 0) is 48.9 Å². The molecule has 0 aliphatic rings. The van der Waals surface area contributed by atoms with Crippen molar-refractivity contribution in [2.75, 3.05) is 18.5 Å². The lowest BCUT2D eigenvalue weighted by Gasteiger charge is -2.09. The van der Waals surface area contributed by atoms with Crippen LogP contribution in [0.2, 0.25) is 5.02 Å². The molecule has 3 aromatic rings. The van der Waals surface area contributed by atoms with Crippen LogP contribution in [0.15, 0.2) is 67.1 Å². The summed E-state index contributed by atoms with van der Waals surface area (Å²) < 4.78 is 11.1. The maximum atomic E-state index is 11.9. The molecular weight excluding hydrogens is 380 g/mol. The Morgan fingerprint density at radius 3 is 2.50 bits per heavy atom. The van der Waals surface area contributed by atoms with E-state index in [1.165, 1.54) is 6.20 Å². The highest BCUT2D eigenvalue weighted by atomic mass is 35.5. The van der Waals surface area contributed by atoms with Crippen LogP contribution in [-0.4, -0.2) is 29.2 Å². The number of anilines is 1. The summed E-state index contributed by atoms with van der Waals surface area (Å²) in [6, 6.07) is 13.7. The molecule has 0 unspecified atom stereocenters. The molecule has 0 aliphatic carbocycles. The highest BCUT2D eigenvalue weighted by molar-refractivity contribution is 6.30. The van der Waals surface area contributed by atoms with Gasteiger partial charge in [0.05, 0.1) is 11.6 Å². The van der Waals surface area contributed by atoms with Gasteiger partial charge in [0, 0.05) is 36.9 Å². The Hall–Kier alpha value is -3.32. The van der Waals surface area contributed by atoms with Crippen LogP contribution in [0.3, 0.4) is 0 Å². The van der Waals surface area contributed by atoms with Gasteiger partial charge in [-0.3, -0.25) is 4.98 Å². The van der Waals surface area contributed by atoms with Crippen LogP contribution in [0.1, 0.15) is 6.42 Å². The molecule has 2 N–H and O–H groups in total. The molecule has 0 spiro atoms. The fourth-order valence-electron chi connectivity index (χ4n) is 2.22. The Balaban J connectivity index is 1.36. The van der Waals surface area contributed by atoms with Gasteiger partial charge in [0.1, 0.15) is 11.5 Å². The molecule has 1 aromatic carbocycles. The first kappa shape index (κ1) is 19.4. The number of amides is 2. The molecule has 2 aromatic heterocycles. The third-order valence-corrected chi connectivity index (χ3v) is 3.78. The Morgan fingerprint density at radius 2 is 1.79 bits per heavy atom. The number of urea groups is 1. The summed E-state index contributed by atoms with van der Waals surface area (Å²) in [5, 5.41) is 6.09. The Bertz CT molecular complexity index is 874. The van der Waals surface area contributed by atoms with E-state index in [2.05, 4.69) is 20.6 Å². The van der Waals surface area contributed by atoms with E-state index in [9.17, 15) is 4.79 Å². The molecule has 0 radical (unpaired) electrons. The van der Waals surface area contributed by atoms with Gasteiger partial charge in [-0.15, -0.1) is 0 Å². The average molecular weight is 399 g/mol. The van der Waals surface area contributed by atoms with E-state index in [1.54, 1.807) is 60.9 Å². The van der Waals surface area contributed by atoms with E-state index in [1.807, 2.05) is 0 Å². The van der Waals surface area contributed by atoms with Gasteiger partial charge < -0.3 is 20.1 Å². The fourth-order valence-corrected chi connectivity index (χ4v) is 2.34. The number of halogens is 1. The number of benzene rings is 1. The van der Waals surface area contributed by atoms with Gasteiger partial charge in [0.2, 0.25) is 5.88 Å². The number of pyridine rings is 2. The Labute approximate surface area is 167 Å². The number of hydrogen-bond donors (Lipinski definition) is 2. The molecule has 0 aliphatic heterocycles. The SMILES string of the molecule is O=C(NCCCOc1ccncc1)Nc1ccc(Oc2ccc(Cl)cn2)cc1. The van der Waals surface area contributed by atoms with Crippen molar-refractivity contribution in [2.24, 2.45) is 0 Å². The topological polar surface area (TPSA) is 85.4 Å². The largest absolute Gasteiger partial charge is 0.493 e. The molecular formula is C20H19ClN4O3. The van der Waals surface area contributed by atoms with Gasteiger partial charge >= 0.3 is 6.03 Å². The van der Waals surface area contributed by atoms with E-state index in [4.69, 9.17) is 21.1 Å². The third-order valence-electron chi connectivity index (χ3n) is 3.56. The average Bonchev–Trinajstić information content (AvgIpc) is 2.72. The molecule has 8 heteroatoms. The van der Waals surface area contributed by atoms with Gasteiger partial charge in [-0.2, -0.15) is 0 Å². The predicted octanol–water partition coefficient (Wildman–Crippen LogP) is 4.51. The minimum atomic E-state index is -0.281. The summed E-state index contributed by atoms with van der Waals surface area (Å²) in [5.41, 5.74) is 0.655. The first-order valence-electron chi connectivity index (χ1n) is 8.66. The van der Waals surface area contributed by atoms with Crippen molar-refractivity contribution in [2.45, 2.75) is 6.42 Å².